The predicted molar refractivity (Wildman–Crippen MR) is 114 cm³/mol. The second-order valence-electron chi connectivity index (χ2n) is 8.12. The van der Waals surface area contributed by atoms with Crippen molar-refractivity contribution in [2.24, 2.45) is 23.7 Å². The van der Waals surface area contributed by atoms with E-state index in [-0.39, 0.29) is 0 Å². The number of fused-ring (bicyclic) bond motifs is 2. The number of thiocarbonyl (C=S) groups is 2. The van der Waals surface area contributed by atoms with Gasteiger partial charge in [-0.25, -0.2) is 0 Å². The Hall–Kier alpha value is 0.480. The van der Waals surface area contributed by atoms with Crippen LogP contribution in [0.4, 0.5) is 0 Å². The molecule has 6 heteroatoms. The van der Waals surface area contributed by atoms with Crippen LogP contribution >= 0.6 is 46.0 Å². The number of rotatable bonds is 0. The van der Waals surface area contributed by atoms with Gasteiger partial charge in [-0.15, -0.1) is 0 Å². The lowest BCUT2D eigenvalue weighted by Crippen LogP contribution is -2.26. The van der Waals surface area contributed by atoms with Crippen LogP contribution in [0.5, 0.6) is 0 Å². The monoisotopic (exact) mass is 400 g/mol. The van der Waals surface area contributed by atoms with E-state index in [2.05, 4.69) is 9.80 Å². The molecule has 4 atom stereocenters. The van der Waals surface area contributed by atoms with Gasteiger partial charge in [0.1, 0.15) is 8.64 Å². The van der Waals surface area contributed by atoms with Crippen LogP contribution in [0.2, 0.25) is 0 Å². The van der Waals surface area contributed by atoms with E-state index < -0.39 is 0 Å². The summed E-state index contributed by atoms with van der Waals surface area (Å²) in [5.41, 5.74) is 0. The fourth-order valence-corrected chi connectivity index (χ4v) is 7.91. The molecule has 2 saturated carbocycles. The van der Waals surface area contributed by atoms with Gasteiger partial charge in [-0.1, -0.05) is 50.1 Å². The second-order valence-corrected chi connectivity index (χ2v) is 11.5. The van der Waals surface area contributed by atoms with Crippen LogP contribution < -0.4 is 0 Å². The van der Waals surface area contributed by atoms with E-state index in [9.17, 15) is 0 Å². The Bertz CT molecular complexity index is 425. The third kappa shape index (κ3) is 3.91. The number of likely N-dealkylation sites (tertiary alicyclic amines) is 2. The van der Waals surface area contributed by atoms with E-state index in [4.69, 9.17) is 24.4 Å². The van der Waals surface area contributed by atoms with Crippen molar-refractivity contribution in [1.82, 2.24) is 9.80 Å². The highest BCUT2D eigenvalue weighted by atomic mass is 33.1. The summed E-state index contributed by atoms with van der Waals surface area (Å²) in [6.45, 7) is 4.77. The van der Waals surface area contributed by atoms with Crippen LogP contribution in [-0.4, -0.2) is 44.6 Å². The summed E-state index contributed by atoms with van der Waals surface area (Å²) < 4.78 is 2.13. The summed E-state index contributed by atoms with van der Waals surface area (Å²) in [5, 5.41) is 0. The maximum absolute atomic E-state index is 5.72. The molecule has 134 valence electrons. The Morgan fingerprint density at radius 1 is 0.583 bits per heavy atom. The SMILES string of the molecule is S=C(SSC(=S)N1CC2CCCCC2C1)N1CC2CCCCC2C1. The standard InChI is InChI=1S/C18H28N2S4/c21-17(19-9-13-5-1-2-6-14(13)10-19)23-24-18(22)20-11-15-7-3-4-8-16(15)12-20/h13-16H,1-12H2. The van der Waals surface area contributed by atoms with E-state index in [0.717, 1.165) is 32.3 Å². The number of hydrogen-bond donors (Lipinski definition) is 0. The summed E-state index contributed by atoms with van der Waals surface area (Å²) in [6.07, 6.45) is 11.3. The highest BCUT2D eigenvalue weighted by Crippen LogP contribution is 2.41. The molecule has 2 aliphatic heterocycles. The van der Waals surface area contributed by atoms with Crippen LogP contribution in [0.1, 0.15) is 51.4 Å². The van der Waals surface area contributed by atoms with Crippen molar-refractivity contribution in [3.05, 3.63) is 0 Å². The molecule has 0 aromatic carbocycles. The minimum Gasteiger partial charge on any atom is -0.356 e. The first-order chi connectivity index (χ1) is 11.7. The second kappa shape index (κ2) is 8.01. The van der Waals surface area contributed by atoms with Crippen molar-refractivity contribution < 1.29 is 0 Å². The number of nitrogens with zero attached hydrogens (tertiary/aromatic N) is 2. The fraction of sp³-hybridized carbons (Fsp3) is 0.889. The summed E-state index contributed by atoms with van der Waals surface area (Å²) in [7, 11) is 3.48. The molecule has 2 nitrogen and oxygen atoms in total. The van der Waals surface area contributed by atoms with Gasteiger partial charge in [0.15, 0.2) is 0 Å². The van der Waals surface area contributed by atoms with Crippen molar-refractivity contribution >= 4 is 54.7 Å². The zero-order valence-corrected chi connectivity index (χ0v) is 17.6. The third-order valence-electron chi connectivity index (χ3n) is 6.65. The van der Waals surface area contributed by atoms with Crippen molar-refractivity contribution in [3.63, 3.8) is 0 Å². The highest BCUT2D eigenvalue weighted by molar-refractivity contribution is 8.89. The Kier molecular flexibility index (Phi) is 5.97. The molecule has 0 aromatic heterocycles. The summed E-state index contributed by atoms with van der Waals surface area (Å²) in [6, 6.07) is 0. The molecule has 4 rings (SSSR count). The highest BCUT2D eigenvalue weighted by Gasteiger charge is 2.37. The van der Waals surface area contributed by atoms with E-state index in [0.29, 0.717) is 0 Å². The zero-order chi connectivity index (χ0) is 16.5. The van der Waals surface area contributed by atoms with Crippen LogP contribution in [0.15, 0.2) is 0 Å². The van der Waals surface area contributed by atoms with Gasteiger partial charge in [-0.2, -0.15) is 0 Å². The zero-order valence-electron chi connectivity index (χ0n) is 14.3. The first kappa shape index (κ1) is 17.9. The molecule has 2 aliphatic carbocycles. The van der Waals surface area contributed by atoms with Gasteiger partial charge < -0.3 is 9.80 Å². The first-order valence-electron chi connectivity index (χ1n) is 9.63. The molecule has 24 heavy (non-hydrogen) atoms. The van der Waals surface area contributed by atoms with Gasteiger partial charge in [0.05, 0.1) is 0 Å². The molecule has 0 radical (unpaired) electrons. The quantitative estimate of drug-likeness (QED) is 0.405. The van der Waals surface area contributed by atoms with E-state index >= 15 is 0 Å². The molecule has 4 fully saturated rings. The van der Waals surface area contributed by atoms with Crippen molar-refractivity contribution in [2.75, 3.05) is 26.2 Å². The van der Waals surface area contributed by atoms with Crippen LogP contribution in [0.3, 0.4) is 0 Å². The lowest BCUT2D eigenvalue weighted by atomic mass is 9.82. The fourth-order valence-electron chi connectivity index (χ4n) is 5.29. The van der Waals surface area contributed by atoms with Crippen molar-refractivity contribution in [3.8, 4) is 0 Å². The van der Waals surface area contributed by atoms with Crippen LogP contribution in [0.25, 0.3) is 0 Å². The van der Waals surface area contributed by atoms with Crippen molar-refractivity contribution in [1.29, 1.82) is 0 Å². The molecule has 0 spiro atoms. The van der Waals surface area contributed by atoms with Gasteiger partial charge in [0.2, 0.25) is 0 Å². The van der Waals surface area contributed by atoms with E-state index in [1.54, 1.807) is 21.6 Å². The van der Waals surface area contributed by atoms with E-state index in [1.807, 2.05) is 0 Å². The van der Waals surface area contributed by atoms with Crippen LogP contribution in [0, 0.1) is 23.7 Å². The smallest absolute Gasteiger partial charge is 0.147 e. The lowest BCUT2D eigenvalue weighted by Gasteiger charge is -2.22. The normalized spacial score (nSPS) is 35.7. The summed E-state index contributed by atoms with van der Waals surface area (Å²) in [5.74, 6) is 3.60. The molecule has 0 aromatic rings. The molecule has 4 aliphatic rings. The Labute approximate surface area is 165 Å². The van der Waals surface area contributed by atoms with Gasteiger partial charge >= 0.3 is 0 Å². The molecule has 2 saturated heterocycles. The molecular formula is C18H28N2S4. The number of hydrogen-bond acceptors (Lipinski definition) is 4. The Morgan fingerprint density at radius 3 is 1.17 bits per heavy atom. The van der Waals surface area contributed by atoms with Gasteiger partial charge in [0.25, 0.3) is 0 Å². The minimum absolute atomic E-state index is 0.899. The summed E-state index contributed by atoms with van der Waals surface area (Å²) >= 11 is 11.4. The predicted octanol–water partition coefficient (Wildman–Crippen LogP) is 5.18. The lowest BCUT2D eigenvalue weighted by molar-refractivity contribution is 0.299. The van der Waals surface area contributed by atoms with Crippen molar-refractivity contribution in [2.45, 2.75) is 51.4 Å². The molecule has 4 unspecified atom stereocenters. The third-order valence-corrected chi connectivity index (χ3v) is 10.4. The molecular weight excluding hydrogens is 372 g/mol. The molecule has 0 N–H and O–H groups in total. The largest absolute Gasteiger partial charge is 0.356 e. The first-order valence-corrected chi connectivity index (χ1v) is 12.6. The van der Waals surface area contributed by atoms with Gasteiger partial charge in [0, 0.05) is 26.2 Å². The van der Waals surface area contributed by atoms with Gasteiger partial charge in [-0.3, -0.25) is 0 Å². The summed E-state index contributed by atoms with van der Waals surface area (Å²) in [4.78, 5) is 4.92. The average molecular weight is 401 g/mol. The maximum atomic E-state index is 5.72. The maximum Gasteiger partial charge on any atom is 0.147 e. The van der Waals surface area contributed by atoms with Crippen LogP contribution in [-0.2, 0) is 0 Å². The Morgan fingerprint density at radius 2 is 0.875 bits per heavy atom. The molecule has 0 bridgehead atoms. The van der Waals surface area contributed by atoms with E-state index in [1.165, 1.54) is 77.5 Å². The minimum atomic E-state index is 0.899. The molecule has 0 amide bonds. The molecule has 2 heterocycles. The average Bonchev–Trinajstić information content (AvgIpc) is 3.23. The topological polar surface area (TPSA) is 6.48 Å². The Balaban J connectivity index is 1.23. The van der Waals surface area contributed by atoms with Gasteiger partial charge in [-0.05, 0) is 70.9 Å².